The molecule has 0 unspecified atom stereocenters. The van der Waals surface area contributed by atoms with E-state index in [1.165, 1.54) is 0 Å². The Morgan fingerprint density at radius 1 is 1.50 bits per heavy atom. The van der Waals surface area contributed by atoms with Crippen molar-refractivity contribution in [1.82, 2.24) is 10.3 Å². The molecule has 1 aromatic rings. The second kappa shape index (κ2) is 6.97. The largest absolute Gasteiger partial charge is 0.376 e. The number of nitrogens with zero attached hydrogens (tertiary/aromatic N) is 1. The molecule has 0 saturated carbocycles. The molecule has 1 fully saturated rings. The van der Waals surface area contributed by atoms with E-state index in [-0.39, 0.29) is 25.5 Å². The summed E-state index contributed by atoms with van der Waals surface area (Å²) in [6.07, 6.45) is 0.0584. The Bertz CT molecular complexity index is 591. The first-order valence-electron chi connectivity index (χ1n) is 6.83. The number of carbonyl (C=O) groups is 2. The van der Waals surface area contributed by atoms with Crippen LogP contribution in [0.5, 0.6) is 0 Å². The zero-order chi connectivity index (χ0) is 16.3. The SMILES string of the molecule is CC(C)Sc1nc(C(=O)NC2(CC(N)=O)COC2)ccc1Br. The second-order valence-corrected chi connectivity index (χ2v) is 7.94. The number of aromatic nitrogens is 1. The fourth-order valence-electron chi connectivity index (χ4n) is 2.06. The summed E-state index contributed by atoms with van der Waals surface area (Å²) in [4.78, 5) is 27.9. The molecular formula is C14H18BrN3O3S. The number of nitrogens with one attached hydrogen (secondary N) is 1. The molecule has 0 spiro atoms. The molecule has 0 atom stereocenters. The van der Waals surface area contributed by atoms with Gasteiger partial charge in [0.15, 0.2) is 0 Å². The number of hydrogen-bond acceptors (Lipinski definition) is 5. The molecule has 0 bridgehead atoms. The Balaban J connectivity index is 2.14. The van der Waals surface area contributed by atoms with Crippen LogP contribution in [0.25, 0.3) is 0 Å². The maximum Gasteiger partial charge on any atom is 0.270 e. The fraction of sp³-hybridized carbons (Fsp3) is 0.500. The summed E-state index contributed by atoms with van der Waals surface area (Å²) in [5, 5.41) is 3.94. The van der Waals surface area contributed by atoms with Gasteiger partial charge in [0, 0.05) is 9.72 Å². The van der Waals surface area contributed by atoms with E-state index < -0.39 is 11.4 Å². The number of nitrogens with two attached hydrogens (primary N) is 1. The summed E-state index contributed by atoms with van der Waals surface area (Å²) in [6, 6.07) is 3.44. The maximum atomic E-state index is 12.4. The van der Waals surface area contributed by atoms with E-state index >= 15 is 0 Å². The molecule has 6 nitrogen and oxygen atoms in total. The van der Waals surface area contributed by atoms with E-state index in [2.05, 4.69) is 40.1 Å². The molecule has 0 aromatic carbocycles. The monoisotopic (exact) mass is 387 g/mol. The van der Waals surface area contributed by atoms with Crippen LogP contribution in [-0.2, 0) is 9.53 Å². The van der Waals surface area contributed by atoms with Gasteiger partial charge in [0.05, 0.1) is 25.2 Å². The molecule has 1 aliphatic heterocycles. The average Bonchev–Trinajstić information content (AvgIpc) is 2.37. The summed E-state index contributed by atoms with van der Waals surface area (Å²) >= 11 is 5.00. The van der Waals surface area contributed by atoms with Gasteiger partial charge in [0.25, 0.3) is 5.91 Å². The first-order valence-corrected chi connectivity index (χ1v) is 8.50. The highest BCUT2D eigenvalue weighted by molar-refractivity contribution is 9.10. The number of carbonyl (C=O) groups excluding carboxylic acids is 2. The van der Waals surface area contributed by atoms with Gasteiger partial charge < -0.3 is 15.8 Å². The number of rotatable bonds is 6. The number of halogens is 1. The fourth-order valence-corrected chi connectivity index (χ4v) is 3.34. The van der Waals surface area contributed by atoms with Crippen LogP contribution in [0.2, 0.25) is 0 Å². The molecule has 1 saturated heterocycles. The molecule has 0 aliphatic carbocycles. The van der Waals surface area contributed by atoms with Gasteiger partial charge in [-0.15, -0.1) is 11.8 Å². The molecule has 120 valence electrons. The molecule has 2 heterocycles. The predicted octanol–water partition coefficient (Wildman–Crippen LogP) is 1.72. The zero-order valence-corrected chi connectivity index (χ0v) is 14.8. The van der Waals surface area contributed by atoms with Crippen LogP contribution in [0, 0.1) is 0 Å². The van der Waals surface area contributed by atoms with Gasteiger partial charge in [-0.25, -0.2) is 4.98 Å². The lowest BCUT2D eigenvalue weighted by Crippen LogP contribution is -2.63. The minimum Gasteiger partial charge on any atom is -0.376 e. The van der Waals surface area contributed by atoms with Gasteiger partial charge in [-0.05, 0) is 28.1 Å². The minimum absolute atomic E-state index is 0.0584. The predicted molar refractivity (Wildman–Crippen MR) is 87.8 cm³/mol. The highest BCUT2D eigenvalue weighted by Crippen LogP contribution is 2.29. The van der Waals surface area contributed by atoms with Crippen molar-refractivity contribution >= 4 is 39.5 Å². The summed E-state index contributed by atoms with van der Waals surface area (Å²) in [7, 11) is 0. The molecule has 3 N–H and O–H groups in total. The Labute approximate surface area is 141 Å². The van der Waals surface area contributed by atoms with Crippen molar-refractivity contribution in [3.63, 3.8) is 0 Å². The first kappa shape index (κ1) is 17.2. The third-order valence-electron chi connectivity index (χ3n) is 3.04. The van der Waals surface area contributed by atoms with Crippen molar-refractivity contribution in [2.45, 2.75) is 36.1 Å². The molecule has 1 aromatic heterocycles. The lowest BCUT2D eigenvalue weighted by Gasteiger charge is -2.41. The van der Waals surface area contributed by atoms with Gasteiger partial charge in [-0.3, -0.25) is 9.59 Å². The maximum absolute atomic E-state index is 12.4. The van der Waals surface area contributed by atoms with E-state index in [4.69, 9.17) is 10.5 Å². The van der Waals surface area contributed by atoms with E-state index in [9.17, 15) is 9.59 Å². The Morgan fingerprint density at radius 3 is 2.68 bits per heavy atom. The average molecular weight is 388 g/mol. The van der Waals surface area contributed by atoms with Crippen LogP contribution >= 0.6 is 27.7 Å². The minimum atomic E-state index is -0.705. The third-order valence-corrected chi connectivity index (χ3v) is 4.95. The van der Waals surface area contributed by atoms with Crippen LogP contribution in [0.15, 0.2) is 21.6 Å². The molecule has 8 heteroatoms. The van der Waals surface area contributed by atoms with Crippen LogP contribution < -0.4 is 11.1 Å². The summed E-state index contributed by atoms with van der Waals surface area (Å²) in [6.45, 7) is 4.68. The number of pyridine rings is 1. The lowest BCUT2D eigenvalue weighted by molar-refractivity contribution is -0.127. The smallest absolute Gasteiger partial charge is 0.270 e. The molecule has 0 radical (unpaired) electrons. The van der Waals surface area contributed by atoms with Crippen LogP contribution in [0.4, 0.5) is 0 Å². The van der Waals surface area contributed by atoms with Gasteiger partial charge >= 0.3 is 0 Å². The lowest BCUT2D eigenvalue weighted by atomic mass is 9.92. The summed E-state index contributed by atoms with van der Waals surface area (Å²) in [5.74, 6) is -0.800. The normalized spacial score (nSPS) is 16.2. The Hall–Kier alpha value is -1.12. The molecule has 2 amide bonds. The van der Waals surface area contributed by atoms with Crippen LogP contribution in [0.1, 0.15) is 30.8 Å². The van der Waals surface area contributed by atoms with Crippen LogP contribution in [0.3, 0.4) is 0 Å². The van der Waals surface area contributed by atoms with Crippen molar-refractivity contribution in [3.8, 4) is 0 Å². The van der Waals surface area contributed by atoms with E-state index in [0.29, 0.717) is 10.9 Å². The van der Waals surface area contributed by atoms with E-state index in [1.807, 2.05) is 0 Å². The van der Waals surface area contributed by atoms with Crippen LogP contribution in [-0.4, -0.2) is 40.8 Å². The van der Waals surface area contributed by atoms with Crippen molar-refractivity contribution in [2.24, 2.45) is 5.73 Å². The topological polar surface area (TPSA) is 94.3 Å². The highest BCUT2D eigenvalue weighted by atomic mass is 79.9. The van der Waals surface area contributed by atoms with E-state index in [0.717, 1.165) is 9.50 Å². The summed E-state index contributed by atoms with van der Waals surface area (Å²) in [5.41, 5.74) is 4.83. The zero-order valence-electron chi connectivity index (χ0n) is 12.4. The highest BCUT2D eigenvalue weighted by Gasteiger charge is 2.41. The molecule has 2 rings (SSSR count). The van der Waals surface area contributed by atoms with Crippen molar-refractivity contribution in [1.29, 1.82) is 0 Å². The van der Waals surface area contributed by atoms with Crippen molar-refractivity contribution < 1.29 is 14.3 Å². The van der Waals surface area contributed by atoms with Gasteiger partial charge in [-0.1, -0.05) is 13.8 Å². The number of thioether (sulfide) groups is 1. The van der Waals surface area contributed by atoms with Gasteiger partial charge in [-0.2, -0.15) is 0 Å². The quantitative estimate of drug-likeness (QED) is 0.724. The molecule has 22 heavy (non-hydrogen) atoms. The van der Waals surface area contributed by atoms with Crippen molar-refractivity contribution in [2.75, 3.05) is 13.2 Å². The molecule has 1 aliphatic rings. The number of amides is 2. The Kier molecular flexibility index (Phi) is 5.46. The van der Waals surface area contributed by atoms with Gasteiger partial charge in [0.2, 0.25) is 5.91 Å². The Morgan fingerprint density at radius 2 is 2.18 bits per heavy atom. The van der Waals surface area contributed by atoms with Crippen molar-refractivity contribution in [3.05, 3.63) is 22.3 Å². The summed E-state index contributed by atoms with van der Waals surface area (Å²) < 4.78 is 5.97. The first-order chi connectivity index (χ1) is 10.3. The van der Waals surface area contributed by atoms with E-state index in [1.54, 1.807) is 23.9 Å². The van der Waals surface area contributed by atoms with Gasteiger partial charge in [0.1, 0.15) is 10.7 Å². The number of ether oxygens (including phenoxy) is 1. The second-order valence-electron chi connectivity index (χ2n) is 5.52. The molecular weight excluding hydrogens is 370 g/mol. The third kappa shape index (κ3) is 4.21. The number of hydrogen-bond donors (Lipinski definition) is 2. The number of primary amides is 1. The standard InChI is InChI=1S/C14H18BrN3O3S/c1-8(2)22-13-9(15)3-4-10(17-13)12(20)18-14(5-11(16)19)6-21-7-14/h3-4,8H,5-7H2,1-2H3,(H2,16,19)(H,18,20).